The largest absolute Gasteiger partial charge is 0.485 e. The Morgan fingerprint density at radius 1 is 0.880 bits per heavy atom. The van der Waals surface area contributed by atoms with Crippen molar-refractivity contribution >= 4 is 11.8 Å². The lowest BCUT2D eigenvalue weighted by molar-refractivity contribution is -0.145. The minimum atomic E-state index is -0.597. The van der Waals surface area contributed by atoms with Crippen LogP contribution in [0.2, 0.25) is 0 Å². The Morgan fingerprint density at radius 3 is 2.24 bits per heavy atom. The molecule has 1 aromatic rings. The zero-order valence-corrected chi connectivity index (χ0v) is 14.4. The number of benzene rings is 1. The quantitative estimate of drug-likeness (QED) is 0.819. The Balaban J connectivity index is 1.32. The van der Waals surface area contributed by atoms with Gasteiger partial charge in [-0.1, -0.05) is 12.1 Å². The van der Waals surface area contributed by atoms with Crippen molar-refractivity contribution in [3.05, 3.63) is 24.3 Å². The lowest BCUT2D eigenvalue weighted by atomic mass is 9.95. The average molecular weight is 344 g/mol. The number of fused-ring (bicyclic) bond motifs is 1. The van der Waals surface area contributed by atoms with Gasteiger partial charge in [0.15, 0.2) is 11.5 Å². The number of piperidine rings is 1. The van der Waals surface area contributed by atoms with Crippen LogP contribution in [0, 0.1) is 5.92 Å². The van der Waals surface area contributed by atoms with Crippen molar-refractivity contribution in [2.75, 3.05) is 32.8 Å². The molecule has 2 fully saturated rings. The second-order valence-corrected chi connectivity index (χ2v) is 7.00. The highest BCUT2D eigenvalue weighted by molar-refractivity contribution is 5.83. The average Bonchev–Trinajstić information content (AvgIpc) is 3.21. The van der Waals surface area contributed by atoms with E-state index in [-0.39, 0.29) is 24.3 Å². The summed E-state index contributed by atoms with van der Waals surface area (Å²) in [5, 5.41) is 0. The molecular formula is C19H24N2O4. The first-order chi connectivity index (χ1) is 12.2. The van der Waals surface area contributed by atoms with Gasteiger partial charge < -0.3 is 19.3 Å². The molecule has 0 spiro atoms. The molecule has 6 heteroatoms. The van der Waals surface area contributed by atoms with Gasteiger partial charge in [0.05, 0.1) is 0 Å². The number of carbonyl (C=O) groups is 2. The molecule has 134 valence electrons. The van der Waals surface area contributed by atoms with Crippen LogP contribution in [-0.4, -0.2) is 60.5 Å². The van der Waals surface area contributed by atoms with Gasteiger partial charge in [-0.3, -0.25) is 9.59 Å². The summed E-state index contributed by atoms with van der Waals surface area (Å²) in [6, 6.07) is 7.40. The Kier molecular flexibility index (Phi) is 4.51. The molecule has 0 aliphatic carbocycles. The first-order valence-corrected chi connectivity index (χ1v) is 9.18. The number of likely N-dealkylation sites (tertiary alicyclic amines) is 2. The van der Waals surface area contributed by atoms with Crippen LogP contribution in [0.1, 0.15) is 25.7 Å². The van der Waals surface area contributed by atoms with Crippen molar-refractivity contribution in [1.29, 1.82) is 0 Å². The van der Waals surface area contributed by atoms with Crippen molar-refractivity contribution in [2.45, 2.75) is 31.8 Å². The molecule has 1 aromatic carbocycles. The van der Waals surface area contributed by atoms with Crippen LogP contribution in [-0.2, 0) is 9.59 Å². The van der Waals surface area contributed by atoms with Crippen molar-refractivity contribution in [3.8, 4) is 11.5 Å². The summed E-state index contributed by atoms with van der Waals surface area (Å²) in [4.78, 5) is 29.0. The molecule has 0 saturated carbocycles. The van der Waals surface area contributed by atoms with Crippen LogP contribution in [0.3, 0.4) is 0 Å². The van der Waals surface area contributed by atoms with E-state index >= 15 is 0 Å². The summed E-state index contributed by atoms with van der Waals surface area (Å²) >= 11 is 0. The zero-order chi connectivity index (χ0) is 17.2. The third-order valence-corrected chi connectivity index (χ3v) is 5.36. The first kappa shape index (κ1) is 16.2. The maximum Gasteiger partial charge on any atom is 0.267 e. The van der Waals surface area contributed by atoms with Gasteiger partial charge in [-0.25, -0.2) is 0 Å². The van der Waals surface area contributed by atoms with E-state index in [1.54, 1.807) is 0 Å². The standard InChI is InChI=1S/C19H24N2O4/c22-18(20-9-3-4-10-20)14-7-11-21(12-8-14)19(23)17-13-24-15-5-1-2-6-16(15)25-17/h1-2,5-6,14,17H,3-4,7-13H2. The van der Waals surface area contributed by atoms with Crippen LogP contribution >= 0.6 is 0 Å². The highest BCUT2D eigenvalue weighted by Crippen LogP contribution is 2.32. The monoisotopic (exact) mass is 344 g/mol. The Hall–Kier alpha value is -2.24. The van der Waals surface area contributed by atoms with E-state index in [0.717, 1.165) is 38.8 Å². The molecule has 1 atom stereocenters. The van der Waals surface area contributed by atoms with E-state index in [1.807, 2.05) is 34.1 Å². The van der Waals surface area contributed by atoms with Crippen LogP contribution < -0.4 is 9.47 Å². The fourth-order valence-electron chi connectivity index (χ4n) is 3.89. The number of carbonyl (C=O) groups excluding carboxylic acids is 2. The molecule has 3 heterocycles. The SMILES string of the molecule is O=C(C1CCN(C(=O)C2COc3ccccc3O2)CC1)N1CCCC1. The van der Waals surface area contributed by atoms with E-state index in [1.165, 1.54) is 0 Å². The van der Waals surface area contributed by atoms with Gasteiger partial charge >= 0.3 is 0 Å². The van der Waals surface area contributed by atoms with Crippen molar-refractivity contribution in [2.24, 2.45) is 5.92 Å². The van der Waals surface area contributed by atoms with E-state index in [9.17, 15) is 9.59 Å². The number of hydrogen-bond acceptors (Lipinski definition) is 4. The van der Waals surface area contributed by atoms with Crippen LogP contribution in [0.25, 0.3) is 0 Å². The highest BCUT2D eigenvalue weighted by atomic mass is 16.6. The molecule has 2 saturated heterocycles. The van der Waals surface area contributed by atoms with Gasteiger partial charge in [-0.2, -0.15) is 0 Å². The number of nitrogens with zero attached hydrogens (tertiary/aromatic N) is 2. The number of ether oxygens (including phenoxy) is 2. The van der Waals surface area contributed by atoms with E-state index in [4.69, 9.17) is 9.47 Å². The van der Waals surface area contributed by atoms with Crippen molar-refractivity contribution in [1.82, 2.24) is 9.80 Å². The molecule has 0 radical (unpaired) electrons. The molecular weight excluding hydrogens is 320 g/mol. The molecule has 2 amide bonds. The van der Waals surface area contributed by atoms with Gasteiger partial charge in [0.1, 0.15) is 6.61 Å². The smallest absolute Gasteiger partial charge is 0.267 e. The van der Waals surface area contributed by atoms with Crippen molar-refractivity contribution < 1.29 is 19.1 Å². The summed E-state index contributed by atoms with van der Waals surface area (Å²) in [5.41, 5.74) is 0. The number of hydrogen-bond donors (Lipinski definition) is 0. The first-order valence-electron chi connectivity index (χ1n) is 9.18. The minimum Gasteiger partial charge on any atom is -0.485 e. The number of rotatable bonds is 2. The molecule has 3 aliphatic heterocycles. The van der Waals surface area contributed by atoms with E-state index in [2.05, 4.69) is 0 Å². The third-order valence-electron chi connectivity index (χ3n) is 5.36. The summed E-state index contributed by atoms with van der Waals surface area (Å²) in [5.74, 6) is 1.59. The van der Waals surface area contributed by atoms with Gasteiger partial charge in [-0.15, -0.1) is 0 Å². The third kappa shape index (κ3) is 3.30. The summed E-state index contributed by atoms with van der Waals surface area (Å²) < 4.78 is 11.5. The predicted molar refractivity (Wildman–Crippen MR) is 91.5 cm³/mol. The lowest BCUT2D eigenvalue weighted by Crippen LogP contribution is -2.50. The van der Waals surface area contributed by atoms with Crippen LogP contribution in [0.4, 0.5) is 0 Å². The molecule has 0 N–H and O–H groups in total. The van der Waals surface area contributed by atoms with E-state index < -0.39 is 6.10 Å². The number of amides is 2. The highest BCUT2D eigenvalue weighted by Gasteiger charge is 2.35. The van der Waals surface area contributed by atoms with Crippen molar-refractivity contribution in [3.63, 3.8) is 0 Å². The molecule has 0 bridgehead atoms. The fraction of sp³-hybridized carbons (Fsp3) is 0.579. The summed E-state index contributed by atoms with van der Waals surface area (Å²) in [6.45, 7) is 3.26. The normalized spacial score (nSPS) is 23.6. The minimum absolute atomic E-state index is 0.0402. The maximum atomic E-state index is 12.7. The molecule has 25 heavy (non-hydrogen) atoms. The fourth-order valence-corrected chi connectivity index (χ4v) is 3.89. The van der Waals surface area contributed by atoms with Gasteiger partial charge in [-0.05, 0) is 37.8 Å². The topological polar surface area (TPSA) is 59.1 Å². The Bertz CT molecular complexity index is 649. The second-order valence-electron chi connectivity index (χ2n) is 7.00. The van der Waals surface area contributed by atoms with Gasteiger partial charge in [0, 0.05) is 32.1 Å². The number of para-hydroxylation sites is 2. The summed E-state index contributed by atoms with van der Waals surface area (Å²) in [7, 11) is 0. The van der Waals surface area contributed by atoms with E-state index in [0.29, 0.717) is 24.6 Å². The molecule has 0 aromatic heterocycles. The predicted octanol–water partition coefficient (Wildman–Crippen LogP) is 1.69. The van der Waals surface area contributed by atoms with Crippen LogP contribution in [0.15, 0.2) is 24.3 Å². The Morgan fingerprint density at radius 2 is 1.52 bits per heavy atom. The van der Waals surface area contributed by atoms with Crippen LogP contribution in [0.5, 0.6) is 11.5 Å². The maximum absolute atomic E-state index is 12.7. The molecule has 3 aliphatic rings. The zero-order valence-electron chi connectivity index (χ0n) is 14.4. The lowest BCUT2D eigenvalue weighted by Gasteiger charge is -2.36. The Labute approximate surface area is 147 Å². The molecule has 6 nitrogen and oxygen atoms in total. The second kappa shape index (κ2) is 6.94. The molecule has 1 unspecified atom stereocenters. The summed E-state index contributed by atoms with van der Waals surface area (Å²) in [6.07, 6.45) is 3.12. The van der Waals surface area contributed by atoms with Gasteiger partial charge in [0.2, 0.25) is 12.0 Å². The van der Waals surface area contributed by atoms with Gasteiger partial charge in [0.25, 0.3) is 5.91 Å². The molecule has 4 rings (SSSR count).